The standard InChI is InChI=1S/C13H18N2O/c1-5-15-9(3)8(2)10-6-11(14)13(16-4)7-12(10)15/h6-7H,5,14H2,1-4H3. The molecule has 1 aromatic carbocycles. The van der Waals surface area contributed by atoms with Crippen LogP contribution in [0, 0.1) is 13.8 Å². The van der Waals surface area contributed by atoms with Crippen LogP contribution >= 0.6 is 0 Å². The van der Waals surface area contributed by atoms with Gasteiger partial charge >= 0.3 is 0 Å². The van der Waals surface area contributed by atoms with Crippen molar-refractivity contribution < 1.29 is 4.74 Å². The molecule has 0 saturated heterocycles. The molecule has 0 spiro atoms. The van der Waals surface area contributed by atoms with Gasteiger partial charge in [-0.3, -0.25) is 0 Å². The summed E-state index contributed by atoms with van der Waals surface area (Å²) in [5.74, 6) is 0.750. The number of hydrogen-bond donors (Lipinski definition) is 1. The van der Waals surface area contributed by atoms with Crippen LogP contribution in [0.1, 0.15) is 18.2 Å². The maximum Gasteiger partial charge on any atom is 0.143 e. The number of nitrogens with two attached hydrogens (primary N) is 1. The fraction of sp³-hybridized carbons (Fsp3) is 0.385. The minimum absolute atomic E-state index is 0.700. The first kappa shape index (κ1) is 10.9. The molecule has 0 atom stereocenters. The molecule has 0 amide bonds. The average Bonchev–Trinajstić information content (AvgIpc) is 2.51. The SMILES string of the molecule is CCn1c(C)c(C)c2cc(N)c(OC)cc21. The number of ether oxygens (including phenoxy) is 1. The predicted molar refractivity (Wildman–Crippen MR) is 68.1 cm³/mol. The summed E-state index contributed by atoms with van der Waals surface area (Å²) in [6.07, 6.45) is 0. The second-order valence-corrected chi connectivity index (χ2v) is 4.07. The molecule has 0 bridgehead atoms. The zero-order chi connectivity index (χ0) is 11.9. The van der Waals surface area contributed by atoms with E-state index in [2.05, 4.69) is 25.3 Å². The molecule has 2 aromatic rings. The molecule has 0 saturated carbocycles. The third-order valence-electron chi connectivity index (χ3n) is 3.31. The number of methoxy groups -OCH3 is 1. The van der Waals surface area contributed by atoms with Gasteiger partial charge in [0, 0.05) is 23.7 Å². The van der Waals surface area contributed by atoms with Gasteiger partial charge in [0.2, 0.25) is 0 Å². The van der Waals surface area contributed by atoms with E-state index < -0.39 is 0 Å². The van der Waals surface area contributed by atoms with Crippen LogP contribution in [0.3, 0.4) is 0 Å². The van der Waals surface area contributed by atoms with E-state index in [-0.39, 0.29) is 0 Å². The third kappa shape index (κ3) is 1.35. The second-order valence-electron chi connectivity index (χ2n) is 4.07. The summed E-state index contributed by atoms with van der Waals surface area (Å²) in [5.41, 5.74) is 10.4. The number of rotatable bonds is 2. The van der Waals surface area contributed by atoms with Gasteiger partial charge in [-0.15, -0.1) is 0 Å². The topological polar surface area (TPSA) is 40.2 Å². The average molecular weight is 218 g/mol. The lowest BCUT2D eigenvalue weighted by molar-refractivity contribution is 0.417. The van der Waals surface area contributed by atoms with Gasteiger partial charge in [-0.25, -0.2) is 0 Å². The highest BCUT2D eigenvalue weighted by atomic mass is 16.5. The lowest BCUT2D eigenvalue weighted by atomic mass is 10.1. The number of nitrogen functional groups attached to an aromatic ring is 1. The maximum atomic E-state index is 5.93. The van der Waals surface area contributed by atoms with Gasteiger partial charge in [-0.1, -0.05) is 0 Å². The first-order valence-electron chi connectivity index (χ1n) is 5.53. The van der Waals surface area contributed by atoms with E-state index in [0.717, 1.165) is 12.3 Å². The molecule has 0 fully saturated rings. The fourth-order valence-electron chi connectivity index (χ4n) is 2.27. The van der Waals surface area contributed by atoms with Crippen LogP contribution in [-0.4, -0.2) is 11.7 Å². The molecule has 2 rings (SSSR count). The van der Waals surface area contributed by atoms with E-state index in [4.69, 9.17) is 10.5 Å². The minimum Gasteiger partial charge on any atom is -0.495 e. The van der Waals surface area contributed by atoms with E-state index in [0.29, 0.717) is 5.69 Å². The molecule has 0 aliphatic carbocycles. The highest BCUT2D eigenvalue weighted by molar-refractivity contribution is 5.90. The summed E-state index contributed by atoms with van der Waals surface area (Å²) in [5, 5.41) is 1.22. The van der Waals surface area contributed by atoms with E-state index in [1.165, 1.54) is 22.2 Å². The van der Waals surface area contributed by atoms with Crippen molar-refractivity contribution in [1.29, 1.82) is 0 Å². The van der Waals surface area contributed by atoms with Crippen LogP contribution in [0.2, 0.25) is 0 Å². The summed E-state index contributed by atoms with van der Waals surface area (Å²) < 4.78 is 7.55. The van der Waals surface area contributed by atoms with E-state index >= 15 is 0 Å². The number of aromatic nitrogens is 1. The van der Waals surface area contributed by atoms with Crippen molar-refractivity contribution in [2.24, 2.45) is 0 Å². The van der Waals surface area contributed by atoms with Crippen molar-refractivity contribution in [3.05, 3.63) is 23.4 Å². The number of hydrogen-bond acceptors (Lipinski definition) is 2. The van der Waals surface area contributed by atoms with Crippen LogP contribution in [-0.2, 0) is 6.54 Å². The van der Waals surface area contributed by atoms with Gasteiger partial charge in [0.1, 0.15) is 5.75 Å². The van der Waals surface area contributed by atoms with Gasteiger partial charge < -0.3 is 15.0 Å². The molecule has 2 N–H and O–H groups in total. The molecular formula is C13H18N2O. The fourth-order valence-corrected chi connectivity index (χ4v) is 2.27. The number of anilines is 1. The van der Waals surface area contributed by atoms with Crippen LogP contribution in [0.5, 0.6) is 5.75 Å². The van der Waals surface area contributed by atoms with Crippen molar-refractivity contribution in [3.8, 4) is 5.75 Å². The predicted octanol–water partition coefficient (Wildman–Crippen LogP) is 2.87. The summed E-state index contributed by atoms with van der Waals surface area (Å²) >= 11 is 0. The Bertz CT molecular complexity index is 541. The molecule has 1 aromatic heterocycles. The van der Waals surface area contributed by atoms with Crippen LogP contribution < -0.4 is 10.5 Å². The quantitative estimate of drug-likeness (QED) is 0.787. The lowest BCUT2D eigenvalue weighted by Gasteiger charge is -2.07. The Morgan fingerprint density at radius 1 is 1.31 bits per heavy atom. The Labute approximate surface area is 95.8 Å². The molecule has 0 aliphatic rings. The molecule has 0 aliphatic heterocycles. The molecule has 86 valence electrons. The third-order valence-corrected chi connectivity index (χ3v) is 3.31. The van der Waals surface area contributed by atoms with E-state index in [1.54, 1.807) is 7.11 Å². The van der Waals surface area contributed by atoms with Gasteiger partial charge in [0.15, 0.2) is 0 Å². The highest BCUT2D eigenvalue weighted by Gasteiger charge is 2.12. The zero-order valence-electron chi connectivity index (χ0n) is 10.3. The molecule has 16 heavy (non-hydrogen) atoms. The number of nitrogens with zero attached hydrogens (tertiary/aromatic N) is 1. The Hall–Kier alpha value is -1.64. The smallest absolute Gasteiger partial charge is 0.143 e. The maximum absolute atomic E-state index is 5.93. The van der Waals surface area contributed by atoms with Gasteiger partial charge in [-0.05, 0) is 32.4 Å². The van der Waals surface area contributed by atoms with E-state index in [1.807, 2.05) is 12.1 Å². The number of fused-ring (bicyclic) bond motifs is 1. The van der Waals surface area contributed by atoms with Crippen molar-refractivity contribution >= 4 is 16.6 Å². The number of aryl methyl sites for hydroxylation is 2. The van der Waals surface area contributed by atoms with Crippen LogP contribution in [0.4, 0.5) is 5.69 Å². The van der Waals surface area contributed by atoms with Gasteiger partial charge in [-0.2, -0.15) is 0 Å². The summed E-state index contributed by atoms with van der Waals surface area (Å²) in [7, 11) is 1.65. The van der Waals surface area contributed by atoms with Gasteiger partial charge in [0.25, 0.3) is 0 Å². The summed E-state index contributed by atoms with van der Waals surface area (Å²) in [6.45, 7) is 7.38. The number of benzene rings is 1. The zero-order valence-corrected chi connectivity index (χ0v) is 10.3. The first-order chi connectivity index (χ1) is 7.60. The normalized spacial score (nSPS) is 11.0. The first-order valence-corrected chi connectivity index (χ1v) is 5.53. The Morgan fingerprint density at radius 2 is 2.00 bits per heavy atom. The minimum atomic E-state index is 0.700. The molecular weight excluding hydrogens is 200 g/mol. The Balaban J connectivity index is 2.85. The van der Waals surface area contributed by atoms with Gasteiger partial charge in [0.05, 0.1) is 18.3 Å². The monoisotopic (exact) mass is 218 g/mol. The summed E-state index contributed by atoms with van der Waals surface area (Å²) in [6, 6.07) is 4.02. The Kier molecular flexibility index (Phi) is 2.54. The molecule has 3 nitrogen and oxygen atoms in total. The lowest BCUT2D eigenvalue weighted by Crippen LogP contribution is -1.97. The van der Waals surface area contributed by atoms with Crippen molar-refractivity contribution in [1.82, 2.24) is 4.57 Å². The van der Waals surface area contributed by atoms with Crippen LogP contribution in [0.15, 0.2) is 12.1 Å². The van der Waals surface area contributed by atoms with Crippen molar-refractivity contribution in [2.75, 3.05) is 12.8 Å². The van der Waals surface area contributed by atoms with Crippen molar-refractivity contribution in [3.63, 3.8) is 0 Å². The second kappa shape index (κ2) is 3.74. The van der Waals surface area contributed by atoms with Crippen molar-refractivity contribution in [2.45, 2.75) is 27.3 Å². The van der Waals surface area contributed by atoms with E-state index in [9.17, 15) is 0 Å². The Morgan fingerprint density at radius 3 is 2.56 bits per heavy atom. The largest absolute Gasteiger partial charge is 0.495 e. The summed E-state index contributed by atoms with van der Waals surface area (Å²) in [4.78, 5) is 0. The highest BCUT2D eigenvalue weighted by Crippen LogP contribution is 2.32. The molecule has 0 radical (unpaired) electrons. The molecule has 0 unspecified atom stereocenters. The molecule has 1 heterocycles. The molecule has 3 heteroatoms. The van der Waals surface area contributed by atoms with Crippen LogP contribution in [0.25, 0.3) is 10.9 Å².